The predicted molar refractivity (Wildman–Crippen MR) is 88.2 cm³/mol. The van der Waals surface area contributed by atoms with Gasteiger partial charge in [-0.25, -0.2) is 4.98 Å². The van der Waals surface area contributed by atoms with Gasteiger partial charge in [0.15, 0.2) is 0 Å². The van der Waals surface area contributed by atoms with Crippen LogP contribution >= 0.6 is 15.9 Å². The Morgan fingerprint density at radius 2 is 1.86 bits per heavy atom. The number of hydrogen-bond donors (Lipinski definition) is 1. The average Bonchev–Trinajstić information content (AvgIpc) is 2.88. The molecule has 0 unspecified atom stereocenters. The topological polar surface area (TPSA) is 38.1 Å². The van der Waals surface area contributed by atoms with Crippen molar-refractivity contribution in [1.82, 2.24) is 9.55 Å². The molecular weight excluding hydrogens is 328 g/mol. The van der Waals surface area contributed by atoms with E-state index in [1.54, 1.807) is 0 Å². The van der Waals surface area contributed by atoms with E-state index in [4.69, 9.17) is 0 Å². The second-order valence-electron chi connectivity index (χ2n) is 5.10. The van der Waals surface area contributed by atoms with Crippen molar-refractivity contribution in [3.63, 3.8) is 0 Å². The number of halogens is 1. The first-order chi connectivity index (χ1) is 10.2. The molecule has 4 heteroatoms. The van der Waals surface area contributed by atoms with Crippen LogP contribution in [0.25, 0.3) is 11.0 Å². The summed E-state index contributed by atoms with van der Waals surface area (Å²) in [6.07, 6.45) is 0.122. The van der Waals surface area contributed by atoms with Crippen molar-refractivity contribution >= 4 is 27.0 Å². The molecule has 2 aromatic carbocycles. The van der Waals surface area contributed by atoms with E-state index >= 15 is 0 Å². The number of fused-ring (bicyclic) bond motifs is 1. The van der Waals surface area contributed by atoms with Gasteiger partial charge in [-0.1, -0.05) is 47.1 Å². The maximum absolute atomic E-state index is 10.2. The molecule has 1 N–H and O–H groups in total. The molecule has 0 fully saturated rings. The number of rotatable bonds is 4. The lowest BCUT2D eigenvalue weighted by molar-refractivity contribution is 0.160. The van der Waals surface area contributed by atoms with Crippen LogP contribution in [0.5, 0.6) is 0 Å². The van der Waals surface area contributed by atoms with Gasteiger partial charge in [-0.15, -0.1) is 0 Å². The lowest BCUT2D eigenvalue weighted by atomic mass is 10.2. The molecule has 0 spiro atoms. The molecule has 0 aliphatic carbocycles. The first-order valence-corrected chi connectivity index (χ1v) is 7.86. The Morgan fingerprint density at radius 3 is 2.57 bits per heavy atom. The predicted octanol–water partition coefficient (Wildman–Crippen LogP) is 4.29. The summed E-state index contributed by atoms with van der Waals surface area (Å²) in [6, 6.07) is 16.2. The summed E-state index contributed by atoms with van der Waals surface area (Å²) < 4.78 is 3.17. The Labute approximate surface area is 132 Å². The molecule has 21 heavy (non-hydrogen) atoms. The fraction of sp³-hybridized carbons (Fsp3) is 0.235. The Hall–Kier alpha value is -1.65. The molecule has 3 rings (SSSR count). The van der Waals surface area contributed by atoms with Gasteiger partial charge in [0, 0.05) is 11.0 Å². The minimum absolute atomic E-state index is 0.534. The smallest absolute Gasteiger partial charge is 0.139 e. The Balaban J connectivity index is 2.08. The van der Waals surface area contributed by atoms with Crippen molar-refractivity contribution in [3.8, 4) is 0 Å². The van der Waals surface area contributed by atoms with Gasteiger partial charge >= 0.3 is 0 Å². The van der Waals surface area contributed by atoms with E-state index < -0.39 is 6.10 Å². The summed E-state index contributed by atoms with van der Waals surface area (Å²) >= 11 is 3.45. The number of aliphatic hydroxyl groups is 1. The molecular formula is C17H17BrN2O. The first kappa shape index (κ1) is 14.3. The molecule has 1 atom stereocenters. The highest BCUT2D eigenvalue weighted by molar-refractivity contribution is 9.10. The fourth-order valence-electron chi connectivity index (χ4n) is 2.47. The molecule has 3 aromatic rings. The largest absolute Gasteiger partial charge is 0.385 e. The van der Waals surface area contributed by atoms with Crippen LogP contribution in [0.2, 0.25) is 0 Å². The molecule has 3 nitrogen and oxygen atoms in total. The second-order valence-corrected chi connectivity index (χ2v) is 6.01. The molecule has 0 saturated carbocycles. The van der Waals surface area contributed by atoms with Crippen molar-refractivity contribution in [3.05, 3.63) is 64.4 Å². The Bertz CT molecular complexity index is 749. The highest BCUT2D eigenvalue weighted by atomic mass is 79.9. The van der Waals surface area contributed by atoms with Crippen LogP contribution in [0, 0.1) is 0 Å². The number of aromatic nitrogens is 2. The monoisotopic (exact) mass is 344 g/mol. The third-order valence-electron chi connectivity index (χ3n) is 3.62. The van der Waals surface area contributed by atoms with E-state index in [1.165, 1.54) is 5.56 Å². The lowest BCUT2D eigenvalue weighted by Gasteiger charge is -2.13. The summed E-state index contributed by atoms with van der Waals surface area (Å²) in [7, 11) is 0. The molecule has 1 heterocycles. The number of para-hydroxylation sites is 2. The van der Waals surface area contributed by atoms with E-state index in [0.717, 1.165) is 21.3 Å². The van der Waals surface area contributed by atoms with Gasteiger partial charge in [0.1, 0.15) is 11.9 Å². The molecule has 0 aliphatic rings. The van der Waals surface area contributed by atoms with Crippen LogP contribution in [0.4, 0.5) is 0 Å². The number of aliphatic hydroxyl groups excluding tert-OH is 1. The maximum Gasteiger partial charge on any atom is 0.139 e. The van der Waals surface area contributed by atoms with E-state index in [-0.39, 0.29) is 0 Å². The van der Waals surface area contributed by atoms with Crippen LogP contribution < -0.4 is 0 Å². The Morgan fingerprint density at radius 1 is 1.14 bits per heavy atom. The number of imidazole rings is 1. The molecule has 108 valence electrons. The zero-order chi connectivity index (χ0) is 14.8. The number of nitrogens with zero attached hydrogens (tertiary/aromatic N) is 2. The second kappa shape index (κ2) is 6.00. The van der Waals surface area contributed by atoms with Crippen LogP contribution in [-0.2, 0) is 6.54 Å². The van der Waals surface area contributed by atoms with E-state index in [0.29, 0.717) is 13.0 Å². The third kappa shape index (κ3) is 2.87. The summed E-state index contributed by atoms with van der Waals surface area (Å²) in [4.78, 5) is 4.60. The zero-order valence-electron chi connectivity index (χ0n) is 11.8. The normalized spacial score (nSPS) is 12.7. The summed E-state index contributed by atoms with van der Waals surface area (Å²) in [5.74, 6) is 0.738. The first-order valence-electron chi connectivity index (χ1n) is 7.06. The lowest BCUT2D eigenvalue weighted by Crippen LogP contribution is -2.09. The quantitative estimate of drug-likeness (QED) is 0.766. The minimum Gasteiger partial charge on any atom is -0.385 e. The van der Waals surface area contributed by atoms with Crippen LogP contribution in [0.3, 0.4) is 0 Å². The van der Waals surface area contributed by atoms with E-state index in [2.05, 4.69) is 37.6 Å². The molecule has 0 amide bonds. The molecule has 0 aliphatic heterocycles. The van der Waals surface area contributed by atoms with Gasteiger partial charge in [0.25, 0.3) is 0 Å². The van der Waals surface area contributed by atoms with E-state index in [1.807, 2.05) is 43.3 Å². The standard InChI is InChI=1S/C17H17BrN2O/c1-2-16(21)17-19-14-5-3-4-6-15(14)20(17)11-12-7-9-13(18)10-8-12/h3-10,16,21H,2,11H2,1H3/t16-/m1/s1. The Kier molecular flexibility index (Phi) is 4.08. The summed E-state index contributed by atoms with van der Waals surface area (Å²) in [5, 5.41) is 10.2. The van der Waals surface area contributed by atoms with Gasteiger partial charge in [-0.05, 0) is 36.2 Å². The van der Waals surface area contributed by atoms with Crippen molar-refractivity contribution < 1.29 is 5.11 Å². The molecule has 0 bridgehead atoms. The third-order valence-corrected chi connectivity index (χ3v) is 4.15. The van der Waals surface area contributed by atoms with Crippen molar-refractivity contribution in [1.29, 1.82) is 0 Å². The maximum atomic E-state index is 10.2. The van der Waals surface area contributed by atoms with Crippen molar-refractivity contribution in [2.75, 3.05) is 0 Å². The molecule has 0 radical (unpaired) electrons. The SMILES string of the molecule is CC[C@@H](O)c1nc2ccccc2n1Cc1ccc(Br)cc1. The van der Waals surface area contributed by atoms with Gasteiger partial charge < -0.3 is 9.67 Å². The van der Waals surface area contributed by atoms with Crippen molar-refractivity contribution in [2.45, 2.75) is 26.0 Å². The molecule has 1 aromatic heterocycles. The average molecular weight is 345 g/mol. The van der Waals surface area contributed by atoms with Gasteiger partial charge in [0.05, 0.1) is 11.0 Å². The highest BCUT2D eigenvalue weighted by Gasteiger charge is 2.16. The van der Waals surface area contributed by atoms with E-state index in [9.17, 15) is 5.11 Å². The molecule has 0 saturated heterocycles. The summed E-state index contributed by atoms with van der Waals surface area (Å²) in [5.41, 5.74) is 3.17. The van der Waals surface area contributed by atoms with Gasteiger partial charge in [0.2, 0.25) is 0 Å². The zero-order valence-corrected chi connectivity index (χ0v) is 13.4. The minimum atomic E-state index is -0.534. The number of hydrogen-bond acceptors (Lipinski definition) is 2. The van der Waals surface area contributed by atoms with Crippen LogP contribution in [0.15, 0.2) is 53.0 Å². The van der Waals surface area contributed by atoms with Crippen LogP contribution in [0.1, 0.15) is 30.8 Å². The van der Waals surface area contributed by atoms with Crippen molar-refractivity contribution in [2.24, 2.45) is 0 Å². The highest BCUT2D eigenvalue weighted by Crippen LogP contribution is 2.24. The van der Waals surface area contributed by atoms with Gasteiger partial charge in [-0.3, -0.25) is 0 Å². The van der Waals surface area contributed by atoms with Crippen LogP contribution in [-0.4, -0.2) is 14.7 Å². The summed E-state index contributed by atoms with van der Waals surface area (Å²) in [6.45, 7) is 2.67. The fourth-order valence-corrected chi connectivity index (χ4v) is 2.73. The van der Waals surface area contributed by atoms with Gasteiger partial charge in [-0.2, -0.15) is 0 Å². The number of benzene rings is 2.